The summed E-state index contributed by atoms with van der Waals surface area (Å²) >= 11 is 5.77. The van der Waals surface area contributed by atoms with Crippen LogP contribution in [0.5, 0.6) is 0 Å². The number of halogens is 1. The molecule has 0 aliphatic rings. The number of nitrogens with one attached hydrogen (secondary N) is 1. The first-order chi connectivity index (χ1) is 8.81. The Hall–Kier alpha value is -1.79. The summed E-state index contributed by atoms with van der Waals surface area (Å²) in [4.78, 5) is 24.1. The lowest BCUT2D eigenvalue weighted by molar-refractivity contribution is 0.0698. The fourth-order valence-electron chi connectivity index (χ4n) is 1.50. The average Bonchev–Trinajstić information content (AvgIpc) is 2.27. The second-order valence-corrected chi connectivity index (χ2v) is 4.59. The van der Waals surface area contributed by atoms with Gasteiger partial charge in [0.2, 0.25) is 0 Å². The van der Waals surface area contributed by atoms with Crippen molar-refractivity contribution in [2.24, 2.45) is 0 Å². The fraction of sp³-hybridized carbons (Fsp3) is 0.333. The topological polar surface area (TPSA) is 89.9 Å². The molecule has 0 aliphatic heterocycles. The van der Waals surface area contributed by atoms with Crippen molar-refractivity contribution in [3.63, 3.8) is 0 Å². The third kappa shape index (κ3) is 4.42. The SMILES string of the molecule is CC(O)CN(C)C(=O)Nc1cc(Cl)ccc1C(=O)O. The minimum absolute atomic E-state index is 0.0526. The summed E-state index contributed by atoms with van der Waals surface area (Å²) in [6.07, 6.45) is -0.672. The van der Waals surface area contributed by atoms with Crippen LogP contribution in [0.4, 0.5) is 10.5 Å². The molecule has 0 aliphatic carbocycles. The Morgan fingerprint density at radius 3 is 2.63 bits per heavy atom. The molecule has 0 bridgehead atoms. The first kappa shape index (κ1) is 15.3. The summed E-state index contributed by atoms with van der Waals surface area (Å²) in [5.74, 6) is -1.16. The molecule has 0 fully saturated rings. The van der Waals surface area contributed by atoms with Gasteiger partial charge >= 0.3 is 12.0 Å². The molecule has 0 saturated carbocycles. The standard InChI is InChI=1S/C12H15ClN2O4/c1-7(16)6-15(2)12(19)14-10-5-8(13)3-4-9(10)11(17)18/h3-5,7,16H,6H2,1-2H3,(H,14,19)(H,17,18). The third-order valence-corrected chi connectivity index (χ3v) is 2.57. The lowest BCUT2D eigenvalue weighted by Crippen LogP contribution is -2.36. The normalized spacial score (nSPS) is 11.8. The Kier molecular flexibility index (Phi) is 5.14. The van der Waals surface area contributed by atoms with Crippen LogP contribution in [-0.4, -0.2) is 46.8 Å². The number of anilines is 1. The molecule has 1 atom stereocenters. The number of urea groups is 1. The Bertz CT molecular complexity index is 491. The van der Waals surface area contributed by atoms with Gasteiger partial charge in [0.1, 0.15) is 0 Å². The number of aliphatic hydroxyl groups is 1. The molecule has 1 aromatic carbocycles. The van der Waals surface area contributed by atoms with Crippen LogP contribution in [0.3, 0.4) is 0 Å². The summed E-state index contributed by atoms with van der Waals surface area (Å²) in [6.45, 7) is 1.68. The largest absolute Gasteiger partial charge is 0.478 e. The first-order valence-electron chi connectivity index (χ1n) is 5.54. The van der Waals surface area contributed by atoms with Gasteiger partial charge in [0.25, 0.3) is 0 Å². The molecule has 1 rings (SSSR count). The highest BCUT2D eigenvalue weighted by Crippen LogP contribution is 2.21. The molecule has 1 unspecified atom stereocenters. The minimum atomic E-state index is -1.16. The highest BCUT2D eigenvalue weighted by atomic mass is 35.5. The summed E-state index contributed by atoms with van der Waals surface area (Å²) in [5, 5.41) is 21.0. The van der Waals surface area contributed by atoms with E-state index in [-0.39, 0.29) is 17.8 Å². The molecule has 2 amide bonds. The molecule has 7 heteroatoms. The Balaban J connectivity index is 2.89. The first-order valence-corrected chi connectivity index (χ1v) is 5.92. The second-order valence-electron chi connectivity index (χ2n) is 4.15. The van der Waals surface area contributed by atoms with Gasteiger partial charge in [-0.15, -0.1) is 0 Å². The molecular weight excluding hydrogens is 272 g/mol. The Labute approximate surface area is 115 Å². The maximum absolute atomic E-state index is 11.8. The van der Waals surface area contributed by atoms with E-state index in [0.29, 0.717) is 5.02 Å². The third-order valence-electron chi connectivity index (χ3n) is 2.34. The van der Waals surface area contributed by atoms with Crippen molar-refractivity contribution in [3.05, 3.63) is 28.8 Å². The van der Waals surface area contributed by atoms with Crippen molar-refractivity contribution in [3.8, 4) is 0 Å². The van der Waals surface area contributed by atoms with E-state index in [1.807, 2.05) is 0 Å². The van der Waals surface area contributed by atoms with Crippen LogP contribution in [0, 0.1) is 0 Å². The maximum atomic E-state index is 11.8. The van der Waals surface area contributed by atoms with Crippen molar-refractivity contribution in [2.75, 3.05) is 18.9 Å². The predicted molar refractivity (Wildman–Crippen MR) is 71.7 cm³/mol. The van der Waals surface area contributed by atoms with Crippen LogP contribution >= 0.6 is 11.6 Å². The van der Waals surface area contributed by atoms with Gasteiger partial charge in [0.15, 0.2) is 0 Å². The molecule has 104 valence electrons. The van der Waals surface area contributed by atoms with E-state index < -0.39 is 18.1 Å². The van der Waals surface area contributed by atoms with Gasteiger partial charge in [-0.05, 0) is 25.1 Å². The molecule has 19 heavy (non-hydrogen) atoms. The number of hydrogen-bond acceptors (Lipinski definition) is 3. The molecule has 0 heterocycles. The molecule has 6 nitrogen and oxygen atoms in total. The predicted octanol–water partition coefficient (Wildman–Crippen LogP) is 1.88. The van der Waals surface area contributed by atoms with Crippen LogP contribution in [0.15, 0.2) is 18.2 Å². The van der Waals surface area contributed by atoms with E-state index in [4.69, 9.17) is 16.7 Å². The van der Waals surface area contributed by atoms with Crippen LogP contribution in [0.1, 0.15) is 17.3 Å². The summed E-state index contributed by atoms with van der Waals surface area (Å²) in [5.41, 5.74) is 0.0608. The average molecular weight is 287 g/mol. The number of amides is 2. The molecule has 0 spiro atoms. The van der Waals surface area contributed by atoms with Gasteiger partial charge in [-0.3, -0.25) is 0 Å². The van der Waals surface area contributed by atoms with Crippen molar-refractivity contribution in [2.45, 2.75) is 13.0 Å². The van der Waals surface area contributed by atoms with E-state index in [9.17, 15) is 14.7 Å². The molecule has 3 N–H and O–H groups in total. The van der Waals surface area contributed by atoms with E-state index in [1.165, 1.54) is 30.1 Å². The van der Waals surface area contributed by atoms with Crippen LogP contribution < -0.4 is 5.32 Å². The summed E-state index contributed by atoms with van der Waals surface area (Å²) in [7, 11) is 1.49. The van der Waals surface area contributed by atoms with Crippen molar-refractivity contribution in [1.29, 1.82) is 0 Å². The molecule has 0 aromatic heterocycles. The van der Waals surface area contributed by atoms with Gasteiger partial charge in [-0.1, -0.05) is 11.6 Å². The smallest absolute Gasteiger partial charge is 0.337 e. The Morgan fingerprint density at radius 2 is 2.11 bits per heavy atom. The highest BCUT2D eigenvalue weighted by molar-refractivity contribution is 6.31. The number of rotatable bonds is 4. The number of carbonyl (C=O) groups is 2. The number of carbonyl (C=O) groups excluding carboxylic acids is 1. The Morgan fingerprint density at radius 1 is 1.47 bits per heavy atom. The molecule has 0 radical (unpaired) electrons. The zero-order valence-electron chi connectivity index (χ0n) is 10.6. The highest BCUT2D eigenvalue weighted by Gasteiger charge is 2.16. The van der Waals surface area contributed by atoms with E-state index in [2.05, 4.69) is 5.32 Å². The van der Waals surface area contributed by atoms with Crippen molar-refractivity contribution in [1.82, 2.24) is 4.90 Å². The van der Waals surface area contributed by atoms with Crippen LogP contribution in [0.25, 0.3) is 0 Å². The monoisotopic (exact) mass is 286 g/mol. The summed E-state index contributed by atoms with van der Waals surface area (Å²) < 4.78 is 0. The van der Waals surface area contributed by atoms with Gasteiger partial charge in [-0.25, -0.2) is 9.59 Å². The number of benzene rings is 1. The number of carboxylic acid groups (broad SMARTS) is 1. The van der Waals surface area contributed by atoms with Gasteiger partial charge < -0.3 is 20.4 Å². The fourth-order valence-corrected chi connectivity index (χ4v) is 1.67. The summed E-state index contributed by atoms with van der Waals surface area (Å²) in [6, 6.07) is 3.58. The quantitative estimate of drug-likeness (QED) is 0.788. The lowest BCUT2D eigenvalue weighted by atomic mass is 10.2. The number of hydrogen-bond donors (Lipinski definition) is 3. The number of aromatic carboxylic acids is 1. The maximum Gasteiger partial charge on any atom is 0.337 e. The zero-order chi connectivity index (χ0) is 14.6. The van der Waals surface area contributed by atoms with Crippen molar-refractivity contribution < 1.29 is 19.8 Å². The molecule has 1 aromatic rings. The molecular formula is C12H15ClN2O4. The lowest BCUT2D eigenvalue weighted by Gasteiger charge is -2.20. The van der Waals surface area contributed by atoms with Crippen molar-refractivity contribution >= 4 is 29.3 Å². The number of likely N-dealkylation sites (N-methyl/N-ethyl adjacent to an activating group) is 1. The second kappa shape index (κ2) is 6.40. The zero-order valence-corrected chi connectivity index (χ0v) is 11.3. The number of nitrogens with zero attached hydrogens (tertiary/aromatic N) is 1. The van der Waals surface area contributed by atoms with E-state index in [1.54, 1.807) is 6.92 Å². The molecule has 0 saturated heterocycles. The minimum Gasteiger partial charge on any atom is -0.478 e. The van der Waals surface area contributed by atoms with Crippen LogP contribution in [-0.2, 0) is 0 Å². The number of carboxylic acids is 1. The van der Waals surface area contributed by atoms with E-state index in [0.717, 1.165) is 0 Å². The van der Waals surface area contributed by atoms with Gasteiger partial charge in [0, 0.05) is 18.6 Å². The van der Waals surface area contributed by atoms with Crippen LogP contribution in [0.2, 0.25) is 5.02 Å². The van der Waals surface area contributed by atoms with Gasteiger partial charge in [0.05, 0.1) is 17.4 Å². The van der Waals surface area contributed by atoms with E-state index >= 15 is 0 Å². The number of aliphatic hydroxyl groups excluding tert-OH is 1. The van der Waals surface area contributed by atoms with Gasteiger partial charge in [-0.2, -0.15) is 0 Å².